The molecule has 0 aliphatic heterocycles. The second-order valence-electron chi connectivity index (χ2n) is 7.15. The number of carbonyl (C=O) groups is 1. The summed E-state index contributed by atoms with van der Waals surface area (Å²) < 4.78 is 40.8. The second kappa shape index (κ2) is 10.3. The molecule has 164 valence electrons. The summed E-state index contributed by atoms with van der Waals surface area (Å²) in [5.74, 6) is 0.990. The third-order valence-corrected chi connectivity index (χ3v) is 6.48. The van der Waals surface area contributed by atoms with Gasteiger partial charge in [0.1, 0.15) is 5.75 Å². The van der Waals surface area contributed by atoms with Gasteiger partial charge in [-0.25, -0.2) is 8.42 Å². The Morgan fingerprint density at radius 1 is 0.933 bits per heavy atom. The predicted octanol–water partition coefficient (Wildman–Crippen LogP) is 3.39. The van der Waals surface area contributed by atoms with Gasteiger partial charge in [-0.1, -0.05) is 26.0 Å². The summed E-state index contributed by atoms with van der Waals surface area (Å²) in [5.41, 5.74) is 0.932. The Labute approximate surface area is 178 Å². The van der Waals surface area contributed by atoms with Crippen LogP contribution < -0.4 is 19.5 Å². The molecule has 0 saturated carbocycles. The van der Waals surface area contributed by atoms with Crippen molar-refractivity contribution >= 4 is 15.7 Å². The number of hydrogen-bond acceptors (Lipinski definition) is 6. The number of hydrogen-bond donors (Lipinski definition) is 1. The summed E-state index contributed by atoms with van der Waals surface area (Å²) in [6, 6.07) is 11.6. The van der Waals surface area contributed by atoms with E-state index in [2.05, 4.69) is 5.32 Å². The van der Waals surface area contributed by atoms with Crippen LogP contribution in [0.3, 0.4) is 0 Å². The average molecular weight is 436 g/mol. The van der Waals surface area contributed by atoms with Gasteiger partial charge in [-0.2, -0.15) is 0 Å². The third-order valence-electron chi connectivity index (χ3n) is 4.77. The van der Waals surface area contributed by atoms with Crippen molar-refractivity contribution in [3.8, 4) is 17.2 Å². The van der Waals surface area contributed by atoms with Gasteiger partial charge in [0.2, 0.25) is 5.91 Å². The molecular weight excluding hydrogens is 406 g/mol. The van der Waals surface area contributed by atoms with E-state index >= 15 is 0 Å². The number of ether oxygens (including phenoxy) is 3. The molecule has 0 saturated heterocycles. The molecule has 1 atom stereocenters. The van der Waals surface area contributed by atoms with E-state index in [4.69, 9.17) is 14.2 Å². The number of methoxy groups -OCH3 is 3. The first-order chi connectivity index (χ1) is 14.2. The monoisotopic (exact) mass is 435 g/mol. The molecule has 0 spiro atoms. The SMILES string of the molecule is COc1ccc(C(NC(=O)CCS(=O)(=O)c2ccc(OC)c(OC)c2)C(C)C)cc1. The highest BCUT2D eigenvalue weighted by atomic mass is 32.2. The first kappa shape index (κ1) is 23.5. The Bertz CT molecular complexity index is 954. The molecule has 0 aliphatic carbocycles. The van der Waals surface area contributed by atoms with E-state index in [0.717, 1.165) is 11.3 Å². The van der Waals surface area contributed by atoms with Gasteiger partial charge in [0.05, 0.1) is 38.0 Å². The van der Waals surface area contributed by atoms with E-state index in [1.165, 1.54) is 32.4 Å². The van der Waals surface area contributed by atoms with Gasteiger partial charge in [-0.05, 0) is 35.7 Å². The Morgan fingerprint density at radius 3 is 2.10 bits per heavy atom. The van der Waals surface area contributed by atoms with Crippen LogP contribution in [0.2, 0.25) is 0 Å². The minimum Gasteiger partial charge on any atom is -0.497 e. The van der Waals surface area contributed by atoms with E-state index in [1.807, 2.05) is 38.1 Å². The molecule has 0 aliphatic rings. The predicted molar refractivity (Wildman–Crippen MR) is 115 cm³/mol. The maximum absolute atomic E-state index is 12.7. The number of sulfone groups is 1. The number of benzene rings is 2. The average Bonchev–Trinajstić information content (AvgIpc) is 2.75. The van der Waals surface area contributed by atoms with Crippen LogP contribution in [0, 0.1) is 5.92 Å². The van der Waals surface area contributed by atoms with Gasteiger partial charge in [0.25, 0.3) is 0 Å². The van der Waals surface area contributed by atoms with Crippen LogP contribution in [0.4, 0.5) is 0 Å². The van der Waals surface area contributed by atoms with E-state index in [0.29, 0.717) is 11.5 Å². The van der Waals surface area contributed by atoms with Crippen molar-refractivity contribution in [2.45, 2.75) is 31.2 Å². The first-order valence-corrected chi connectivity index (χ1v) is 11.2. The van der Waals surface area contributed by atoms with Crippen molar-refractivity contribution < 1.29 is 27.4 Å². The Balaban J connectivity index is 2.07. The summed E-state index contributed by atoms with van der Waals surface area (Å²) in [6.45, 7) is 3.99. The van der Waals surface area contributed by atoms with E-state index in [9.17, 15) is 13.2 Å². The number of carbonyl (C=O) groups excluding carboxylic acids is 1. The highest BCUT2D eigenvalue weighted by molar-refractivity contribution is 7.91. The molecule has 30 heavy (non-hydrogen) atoms. The molecule has 0 heterocycles. The van der Waals surface area contributed by atoms with Crippen molar-refractivity contribution in [1.29, 1.82) is 0 Å². The van der Waals surface area contributed by atoms with Crippen molar-refractivity contribution in [1.82, 2.24) is 5.32 Å². The van der Waals surface area contributed by atoms with Crippen LogP contribution in [0.15, 0.2) is 47.4 Å². The van der Waals surface area contributed by atoms with Crippen molar-refractivity contribution in [3.63, 3.8) is 0 Å². The van der Waals surface area contributed by atoms with Crippen LogP contribution in [0.25, 0.3) is 0 Å². The second-order valence-corrected chi connectivity index (χ2v) is 9.26. The van der Waals surface area contributed by atoms with E-state index in [-0.39, 0.29) is 34.9 Å². The summed E-state index contributed by atoms with van der Waals surface area (Å²) in [4.78, 5) is 12.6. The molecule has 0 fully saturated rings. The van der Waals surface area contributed by atoms with Gasteiger partial charge in [0.15, 0.2) is 21.3 Å². The molecule has 0 radical (unpaired) electrons. The molecule has 0 bridgehead atoms. The topological polar surface area (TPSA) is 90.9 Å². The number of rotatable bonds is 10. The lowest BCUT2D eigenvalue weighted by Gasteiger charge is -2.23. The maximum atomic E-state index is 12.7. The number of amides is 1. The fourth-order valence-corrected chi connectivity index (χ4v) is 4.30. The maximum Gasteiger partial charge on any atom is 0.221 e. The zero-order valence-corrected chi connectivity index (χ0v) is 18.8. The molecule has 7 nitrogen and oxygen atoms in total. The lowest BCUT2D eigenvalue weighted by Crippen LogP contribution is -2.32. The van der Waals surface area contributed by atoms with Crippen molar-refractivity contribution in [2.75, 3.05) is 27.1 Å². The standard InChI is InChI=1S/C22H29NO6S/c1-15(2)22(16-6-8-17(27-3)9-7-16)23-21(24)12-13-30(25,26)18-10-11-19(28-4)20(14-18)29-5/h6-11,14-15,22H,12-13H2,1-5H3,(H,23,24). The van der Waals surface area contributed by atoms with E-state index in [1.54, 1.807) is 7.11 Å². The molecule has 0 aromatic heterocycles. The normalized spacial score (nSPS) is 12.3. The zero-order valence-electron chi connectivity index (χ0n) is 18.0. The summed E-state index contributed by atoms with van der Waals surface area (Å²) in [5, 5.41) is 2.95. The highest BCUT2D eigenvalue weighted by Crippen LogP contribution is 2.30. The summed E-state index contributed by atoms with van der Waals surface area (Å²) in [7, 11) is 0.851. The molecule has 2 rings (SSSR count). The smallest absolute Gasteiger partial charge is 0.221 e. The van der Waals surface area contributed by atoms with Crippen LogP contribution >= 0.6 is 0 Å². The Hall–Kier alpha value is -2.74. The van der Waals surface area contributed by atoms with Crippen LogP contribution in [0.1, 0.15) is 31.9 Å². The molecule has 1 N–H and O–H groups in total. The first-order valence-electron chi connectivity index (χ1n) is 9.60. The largest absolute Gasteiger partial charge is 0.497 e. The van der Waals surface area contributed by atoms with Gasteiger partial charge in [0, 0.05) is 12.5 Å². The van der Waals surface area contributed by atoms with Crippen molar-refractivity contribution in [2.24, 2.45) is 5.92 Å². The number of nitrogens with one attached hydrogen (secondary N) is 1. The Morgan fingerprint density at radius 2 is 1.57 bits per heavy atom. The van der Waals surface area contributed by atoms with Gasteiger partial charge in [-0.3, -0.25) is 4.79 Å². The zero-order chi connectivity index (χ0) is 22.3. The lowest BCUT2D eigenvalue weighted by molar-refractivity contribution is -0.121. The Kier molecular flexibility index (Phi) is 8.11. The molecule has 2 aromatic carbocycles. The summed E-state index contributed by atoms with van der Waals surface area (Å²) >= 11 is 0. The van der Waals surface area contributed by atoms with Gasteiger partial charge >= 0.3 is 0 Å². The van der Waals surface area contributed by atoms with Crippen LogP contribution in [-0.4, -0.2) is 41.4 Å². The van der Waals surface area contributed by atoms with Gasteiger partial charge < -0.3 is 19.5 Å². The molecular formula is C22H29NO6S. The molecule has 1 unspecified atom stereocenters. The molecule has 2 aromatic rings. The highest BCUT2D eigenvalue weighted by Gasteiger charge is 2.22. The lowest BCUT2D eigenvalue weighted by atomic mass is 9.96. The van der Waals surface area contributed by atoms with E-state index < -0.39 is 9.84 Å². The van der Waals surface area contributed by atoms with Crippen molar-refractivity contribution in [3.05, 3.63) is 48.0 Å². The fraction of sp³-hybridized carbons (Fsp3) is 0.409. The van der Waals surface area contributed by atoms with Crippen LogP contribution in [-0.2, 0) is 14.6 Å². The van der Waals surface area contributed by atoms with Crippen LogP contribution in [0.5, 0.6) is 17.2 Å². The minimum absolute atomic E-state index is 0.0866. The fourth-order valence-electron chi connectivity index (χ4n) is 3.05. The quantitative estimate of drug-likeness (QED) is 0.615. The minimum atomic E-state index is -3.66. The summed E-state index contributed by atoms with van der Waals surface area (Å²) in [6.07, 6.45) is -0.143. The van der Waals surface area contributed by atoms with Gasteiger partial charge in [-0.15, -0.1) is 0 Å². The molecule has 8 heteroatoms. The molecule has 1 amide bonds. The third kappa shape index (κ3) is 5.89.